The van der Waals surface area contributed by atoms with E-state index in [1.165, 1.54) is 45.1 Å². The molecule has 19 heavy (non-hydrogen) atoms. The molecular formula is C18H33N. The van der Waals surface area contributed by atoms with E-state index >= 15 is 0 Å². The summed E-state index contributed by atoms with van der Waals surface area (Å²) in [5.74, 6) is 0.907. The van der Waals surface area contributed by atoms with Crippen LogP contribution in [0.25, 0.3) is 0 Å². The molecule has 0 atom stereocenters. The average Bonchev–Trinajstić information content (AvgIpc) is 2.27. The van der Waals surface area contributed by atoms with Crippen molar-refractivity contribution in [1.82, 2.24) is 5.32 Å². The first kappa shape index (κ1) is 15.1. The molecule has 0 unspecified atom stereocenters. The Morgan fingerprint density at radius 1 is 1.26 bits per heavy atom. The van der Waals surface area contributed by atoms with Crippen LogP contribution in [-0.4, -0.2) is 12.6 Å². The zero-order valence-electron chi connectivity index (χ0n) is 13.7. The number of rotatable bonds is 4. The fraction of sp³-hybridized carbons (Fsp3) is 0.889. The molecule has 0 aliphatic heterocycles. The van der Waals surface area contributed by atoms with Gasteiger partial charge in [-0.25, -0.2) is 0 Å². The van der Waals surface area contributed by atoms with E-state index < -0.39 is 0 Å². The maximum absolute atomic E-state index is 3.72. The van der Waals surface area contributed by atoms with Gasteiger partial charge in [0, 0.05) is 18.0 Å². The summed E-state index contributed by atoms with van der Waals surface area (Å²) in [7, 11) is 0. The van der Waals surface area contributed by atoms with Crippen molar-refractivity contribution in [3.8, 4) is 0 Å². The summed E-state index contributed by atoms with van der Waals surface area (Å²) < 4.78 is 0. The lowest BCUT2D eigenvalue weighted by atomic mass is 9.51. The molecule has 0 aromatic rings. The molecule has 0 spiro atoms. The van der Waals surface area contributed by atoms with E-state index in [0.29, 0.717) is 16.9 Å². The lowest BCUT2D eigenvalue weighted by Crippen LogP contribution is -2.51. The fourth-order valence-electron chi connectivity index (χ4n) is 3.74. The summed E-state index contributed by atoms with van der Waals surface area (Å²) in [5.41, 5.74) is 2.77. The zero-order chi connectivity index (χ0) is 14.1. The Hall–Kier alpha value is -0.300. The number of allylic oxidation sites excluding steroid dienone is 1. The lowest BCUT2D eigenvalue weighted by molar-refractivity contribution is 0.0100. The highest BCUT2D eigenvalue weighted by molar-refractivity contribution is 5.23. The first-order valence-corrected chi connectivity index (χ1v) is 8.26. The second-order valence-corrected chi connectivity index (χ2v) is 8.26. The van der Waals surface area contributed by atoms with Gasteiger partial charge in [0.15, 0.2) is 0 Å². The van der Waals surface area contributed by atoms with Crippen molar-refractivity contribution in [2.24, 2.45) is 16.7 Å². The molecule has 2 aliphatic rings. The number of nitrogens with one attached hydrogen (secondary N) is 1. The van der Waals surface area contributed by atoms with Crippen LogP contribution in [0.15, 0.2) is 11.6 Å². The highest BCUT2D eigenvalue weighted by Gasteiger charge is 2.49. The van der Waals surface area contributed by atoms with Crippen LogP contribution in [0.2, 0.25) is 0 Å². The molecule has 1 nitrogen and oxygen atoms in total. The average molecular weight is 263 g/mol. The monoisotopic (exact) mass is 263 g/mol. The van der Waals surface area contributed by atoms with Crippen LogP contribution in [0, 0.1) is 16.7 Å². The minimum atomic E-state index is 0.483. The topological polar surface area (TPSA) is 12.0 Å². The van der Waals surface area contributed by atoms with Gasteiger partial charge >= 0.3 is 0 Å². The predicted molar refractivity (Wildman–Crippen MR) is 84.3 cm³/mol. The molecule has 1 fully saturated rings. The smallest absolute Gasteiger partial charge is 0.00478 e. The van der Waals surface area contributed by atoms with E-state index in [2.05, 4.69) is 46.0 Å². The minimum absolute atomic E-state index is 0.483. The van der Waals surface area contributed by atoms with Crippen molar-refractivity contribution in [3.05, 3.63) is 11.6 Å². The largest absolute Gasteiger partial charge is 0.314 e. The SMILES string of the molecule is CC(C)NCC1(C2=CCCCC2)CC(C(C)(C)C)C1. The van der Waals surface area contributed by atoms with Crippen LogP contribution < -0.4 is 5.32 Å². The van der Waals surface area contributed by atoms with E-state index in [4.69, 9.17) is 0 Å². The van der Waals surface area contributed by atoms with Gasteiger partial charge < -0.3 is 5.32 Å². The van der Waals surface area contributed by atoms with Crippen molar-refractivity contribution in [3.63, 3.8) is 0 Å². The van der Waals surface area contributed by atoms with Crippen LogP contribution in [0.5, 0.6) is 0 Å². The van der Waals surface area contributed by atoms with Gasteiger partial charge in [-0.2, -0.15) is 0 Å². The molecule has 1 heteroatoms. The third-order valence-electron chi connectivity index (χ3n) is 5.32. The standard InChI is InChI=1S/C18H33N/c1-14(2)19-13-18(15-9-7-6-8-10-15)11-16(12-18)17(3,4)5/h9,14,16,19H,6-8,10-13H2,1-5H3. The summed E-state index contributed by atoms with van der Waals surface area (Å²) in [6.07, 6.45) is 10.9. The highest BCUT2D eigenvalue weighted by atomic mass is 14.9. The molecule has 0 heterocycles. The first-order valence-electron chi connectivity index (χ1n) is 8.26. The summed E-state index contributed by atoms with van der Waals surface area (Å²) >= 11 is 0. The molecule has 0 saturated heterocycles. The van der Waals surface area contributed by atoms with E-state index in [1.54, 1.807) is 5.57 Å². The van der Waals surface area contributed by atoms with Crippen LogP contribution in [0.1, 0.15) is 73.1 Å². The Morgan fingerprint density at radius 3 is 2.42 bits per heavy atom. The quantitative estimate of drug-likeness (QED) is 0.709. The lowest BCUT2D eigenvalue weighted by Gasteiger charge is -2.55. The van der Waals surface area contributed by atoms with Crippen molar-refractivity contribution in [1.29, 1.82) is 0 Å². The van der Waals surface area contributed by atoms with Gasteiger partial charge in [-0.1, -0.05) is 46.3 Å². The molecule has 1 N–H and O–H groups in total. The minimum Gasteiger partial charge on any atom is -0.314 e. The van der Waals surface area contributed by atoms with E-state index in [0.717, 1.165) is 5.92 Å². The van der Waals surface area contributed by atoms with Crippen molar-refractivity contribution >= 4 is 0 Å². The number of hydrogen-bond donors (Lipinski definition) is 1. The Balaban J connectivity index is 2.06. The van der Waals surface area contributed by atoms with Gasteiger partial charge in [-0.3, -0.25) is 0 Å². The van der Waals surface area contributed by atoms with Gasteiger partial charge in [0.05, 0.1) is 0 Å². The number of hydrogen-bond acceptors (Lipinski definition) is 1. The van der Waals surface area contributed by atoms with Crippen LogP contribution in [0.3, 0.4) is 0 Å². The summed E-state index contributed by atoms with van der Waals surface area (Å²) in [4.78, 5) is 0. The summed E-state index contributed by atoms with van der Waals surface area (Å²) in [6.45, 7) is 13.0. The van der Waals surface area contributed by atoms with Gasteiger partial charge in [0.25, 0.3) is 0 Å². The maximum atomic E-state index is 3.72. The van der Waals surface area contributed by atoms with Gasteiger partial charge in [-0.05, 0) is 49.9 Å². The molecule has 0 aromatic carbocycles. The summed E-state index contributed by atoms with van der Waals surface area (Å²) in [5, 5.41) is 3.72. The molecule has 1 saturated carbocycles. The molecular weight excluding hydrogens is 230 g/mol. The van der Waals surface area contributed by atoms with Crippen LogP contribution in [0.4, 0.5) is 0 Å². The highest BCUT2D eigenvalue weighted by Crippen LogP contribution is 2.57. The second-order valence-electron chi connectivity index (χ2n) is 8.26. The molecule has 0 radical (unpaired) electrons. The third-order valence-corrected chi connectivity index (χ3v) is 5.32. The molecule has 0 amide bonds. The van der Waals surface area contributed by atoms with Crippen molar-refractivity contribution < 1.29 is 0 Å². The maximum Gasteiger partial charge on any atom is 0.00478 e. The Labute approximate surface area is 120 Å². The van der Waals surface area contributed by atoms with Gasteiger partial charge in [0.1, 0.15) is 0 Å². The van der Waals surface area contributed by atoms with Gasteiger partial charge in [0.2, 0.25) is 0 Å². The van der Waals surface area contributed by atoms with Crippen LogP contribution >= 0.6 is 0 Å². The normalized spacial score (nSPS) is 32.1. The van der Waals surface area contributed by atoms with E-state index in [-0.39, 0.29) is 0 Å². The molecule has 2 rings (SSSR count). The molecule has 110 valence electrons. The predicted octanol–water partition coefficient (Wildman–Crippen LogP) is 4.93. The second kappa shape index (κ2) is 5.60. The summed E-state index contributed by atoms with van der Waals surface area (Å²) in [6, 6.07) is 0.606. The van der Waals surface area contributed by atoms with E-state index in [1.807, 2.05) is 0 Å². The fourth-order valence-corrected chi connectivity index (χ4v) is 3.74. The van der Waals surface area contributed by atoms with Crippen LogP contribution in [-0.2, 0) is 0 Å². The molecule has 0 aromatic heterocycles. The van der Waals surface area contributed by atoms with Gasteiger partial charge in [-0.15, -0.1) is 0 Å². The molecule has 2 aliphatic carbocycles. The molecule has 0 bridgehead atoms. The Kier molecular flexibility index (Phi) is 4.45. The Bertz CT molecular complexity index is 326. The van der Waals surface area contributed by atoms with Crippen molar-refractivity contribution in [2.45, 2.75) is 79.2 Å². The first-order chi connectivity index (χ1) is 8.83. The zero-order valence-corrected chi connectivity index (χ0v) is 13.7. The van der Waals surface area contributed by atoms with Crippen molar-refractivity contribution in [2.75, 3.05) is 6.54 Å². The Morgan fingerprint density at radius 2 is 1.95 bits per heavy atom. The third kappa shape index (κ3) is 3.42. The van der Waals surface area contributed by atoms with E-state index in [9.17, 15) is 0 Å².